The van der Waals surface area contributed by atoms with Crippen LogP contribution in [0, 0.1) is 0 Å². The summed E-state index contributed by atoms with van der Waals surface area (Å²) < 4.78 is 0. The Balaban J connectivity index is 1.97. The van der Waals surface area contributed by atoms with Crippen LogP contribution >= 0.6 is 0 Å². The maximum Gasteiger partial charge on any atom is 0.323 e. The van der Waals surface area contributed by atoms with Gasteiger partial charge in [0.1, 0.15) is 12.3 Å². The Morgan fingerprint density at radius 1 is 1.19 bits per heavy atom. The molecule has 0 radical (unpaired) electrons. The summed E-state index contributed by atoms with van der Waals surface area (Å²) in [4.78, 5) is 24.8. The molecule has 0 atom stereocenters. The molecule has 0 bridgehead atoms. The molecular formula is C16H21NO4. The van der Waals surface area contributed by atoms with Gasteiger partial charge in [0.25, 0.3) is 0 Å². The predicted octanol–water partition coefficient (Wildman–Crippen LogP) is 2.18. The summed E-state index contributed by atoms with van der Waals surface area (Å²) in [5.41, 5.74) is 0.715. The van der Waals surface area contributed by atoms with Crippen LogP contribution in [0.5, 0.6) is 5.75 Å². The zero-order valence-electron chi connectivity index (χ0n) is 12.0. The molecule has 1 fully saturated rings. The van der Waals surface area contributed by atoms with E-state index in [1.165, 1.54) is 4.90 Å². The average Bonchev–Trinajstić information content (AvgIpc) is 2.97. The van der Waals surface area contributed by atoms with E-state index in [1.54, 1.807) is 18.2 Å². The quantitative estimate of drug-likeness (QED) is 0.842. The molecule has 1 saturated carbocycles. The van der Waals surface area contributed by atoms with Crippen molar-refractivity contribution in [3.63, 3.8) is 0 Å². The van der Waals surface area contributed by atoms with E-state index in [0.717, 1.165) is 25.7 Å². The molecule has 1 aromatic carbocycles. The van der Waals surface area contributed by atoms with Gasteiger partial charge in [-0.2, -0.15) is 0 Å². The molecule has 1 aliphatic carbocycles. The molecule has 21 heavy (non-hydrogen) atoms. The predicted molar refractivity (Wildman–Crippen MR) is 78.0 cm³/mol. The van der Waals surface area contributed by atoms with Gasteiger partial charge in [-0.25, -0.2) is 0 Å². The van der Waals surface area contributed by atoms with Crippen molar-refractivity contribution in [2.45, 2.75) is 44.6 Å². The molecule has 0 aliphatic heterocycles. The Hall–Kier alpha value is -2.04. The van der Waals surface area contributed by atoms with Crippen molar-refractivity contribution in [1.29, 1.82) is 0 Å². The monoisotopic (exact) mass is 291 g/mol. The Morgan fingerprint density at radius 2 is 1.86 bits per heavy atom. The van der Waals surface area contributed by atoms with Crippen LogP contribution in [0.3, 0.4) is 0 Å². The van der Waals surface area contributed by atoms with E-state index in [9.17, 15) is 14.7 Å². The van der Waals surface area contributed by atoms with E-state index in [1.807, 2.05) is 6.07 Å². The van der Waals surface area contributed by atoms with Gasteiger partial charge in [-0.3, -0.25) is 9.59 Å². The van der Waals surface area contributed by atoms with Crippen LogP contribution in [0.2, 0.25) is 0 Å². The molecule has 2 rings (SSSR count). The Kier molecular flexibility index (Phi) is 5.20. The first-order valence-corrected chi connectivity index (χ1v) is 7.36. The standard InChI is InChI=1S/C16H21NO4/c18-14-8-4-1-5-12(14)9-10-15(19)17(11-16(20)21)13-6-2-3-7-13/h1,4-5,8,13,18H,2-3,6-7,9-11H2,(H,20,21). The van der Waals surface area contributed by atoms with Crippen LogP contribution in [0.1, 0.15) is 37.7 Å². The van der Waals surface area contributed by atoms with Gasteiger partial charge in [-0.05, 0) is 30.9 Å². The van der Waals surface area contributed by atoms with Crippen molar-refractivity contribution in [3.05, 3.63) is 29.8 Å². The molecule has 1 aliphatic rings. The number of aromatic hydroxyl groups is 1. The van der Waals surface area contributed by atoms with Gasteiger partial charge < -0.3 is 15.1 Å². The Morgan fingerprint density at radius 3 is 2.48 bits per heavy atom. The van der Waals surface area contributed by atoms with Gasteiger partial charge in [0.2, 0.25) is 5.91 Å². The lowest BCUT2D eigenvalue weighted by Gasteiger charge is -2.27. The highest BCUT2D eigenvalue weighted by molar-refractivity contribution is 5.81. The highest BCUT2D eigenvalue weighted by Crippen LogP contribution is 2.25. The lowest BCUT2D eigenvalue weighted by Crippen LogP contribution is -2.42. The molecule has 0 spiro atoms. The van der Waals surface area contributed by atoms with Crippen LogP contribution in [-0.2, 0) is 16.0 Å². The second-order valence-corrected chi connectivity index (χ2v) is 5.48. The number of carboxylic acids is 1. The number of rotatable bonds is 6. The fourth-order valence-corrected chi connectivity index (χ4v) is 2.89. The third-order valence-corrected chi connectivity index (χ3v) is 3.99. The van der Waals surface area contributed by atoms with Crippen LogP contribution in [0.4, 0.5) is 0 Å². The molecule has 0 heterocycles. The van der Waals surface area contributed by atoms with Crippen molar-refractivity contribution < 1.29 is 19.8 Å². The molecule has 114 valence electrons. The van der Waals surface area contributed by atoms with Gasteiger partial charge in [-0.15, -0.1) is 0 Å². The number of carbonyl (C=O) groups excluding carboxylic acids is 1. The topological polar surface area (TPSA) is 77.8 Å². The fourth-order valence-electron chi connectivity index (χ4n) is 2.89. The minimum Gasteiger partial charge on any atom is -0.508 e. The number of para-hydroxylation sites is 1. The van der Waals surface area contributed by atoms with Crippen molar-refractivity contribution >= 4 is 11.9 Å². The second kappa shape index (κ2) is 7.11. The van der Waals surface area contributed by atoms with E-state index in [4.69, 9.17) is 5.11 Å². The molecule has 0 unspecified atom stereocenters. The summed E-state index contributed by atoms with van der Waals surface area (Å²) in [5, 5.41) is 18.7. The number of phenols is 1. The first-order chi connectivity index (χ1) is 10.1. The van der Waals surface area contributed by atoms with Gasteiger partial charge in [0, 0.05) is 12.5 Å². The number of aliphatic carboxylic acids is 1. The summed E-state index contributed by atoms with van der Waals surface area (Å²) in [6.45, 7) is -0.232. The van der Waals surface area contributed by atoms with E-state index in [2.05, 4.69) is 0 Å². The van der Waals surface area contributed by atoms with E-state index in [0.29, 0.717) is 12.0 Å². The average molecular weight is 291 g/mol. The number of nitrogens with zero attached hydrogens (tertiary/aromatic N) is 1. The summed E-state index contributed by atoms with van der Waals surface area (Å²) in [6, 6.07) is 6.96. The van der Waals surface area contributed by atoms with Crippen LogP contribution in [0.25, 0.3) is 0 Å². The summed E-state index contributed by atoms with van der Waals surface area (Å²) in [7, 11) is 0. The molecular weight excluding hydrogens is 270 g/mol. The lowest BCUT2D eigenvalue weighted by molar-refractivity contribution is -0.146. The van der Waals surface area contributed by atoms with E-state index >= 15 is 0 Å². The highest BCUT2D eigenvalue weighted by Gasteiger charge is 2.28. The Bertz CT molecular complexity index is 509. The molecule has 0 aromatic heterocycles. The maximum absolute atomic E-state index is 12.3. The first kappa shape index (κ1) is 15.4. The van der Waals surface area contributed by atoms with Gasteiger partial charge in [-0.1, -0.05) is 31.0 Å². The number of aryl methyl sites for hydroxylation is 1. The maximum atomic E-state index is 12.3. The number of hydrogen-bond acceptors (Lipinski definition) is 3. The third kappa shape index (κ3) is 4.21. The number of carbonyl (C=O) groups is 2. The molecule has 5 heteroatoms. The summed E-state index contributed by atoms with van der Waals surface area (Å²) >= 11 is 0. The normalized spacial score (nSPS) is 15.0. The van der Waals surface area contributed by atoms with Crippen LogP contribution in [0.15, 0.2) is 24.3 Å². The molecule has 5 nitrogen and oxygen atoms in total. The van der Waals surface area contributed by atoms with Crippen LogP contribution < -0.4 is 0 Å². The number of amides is 1. The SMILES string of the molecule is O=C(O)CN(C(=O)CCc1ccccc1O)C1CCCC1. The number of hydrogen-bond donors (Lipinski definition) is 2. The first-order valence-electron chi connectivity index (χ1n) is 7.36. The van der Waals surface area contributed by atoms with E-state index in [-0.39, 0.29) is 30.7 Å². The van der Waals surface area contributed by atoms with Crippen molar-refractivity contribution in [2.24, 2.45) is 0 Å². The Labute approximate surface area is 124 Å². The van der Waals surface area contributed by atoms with Crippen LogP contribution in [-0.4, -0.2) is 39.6 Å². The largest absolute Gasteiger partial charge is 0.508 e. The van der Waals surface area contributed by atoms with Crippen molar-refractivity contribution in [1.82, 2.24) is 4.90 Å². The molecule has 1 aromatic rings. The highest BCUT2D eigenvalue weighted by atomic mass is 16.4. The van der Waals surface area contributed by atoms with Crippen molar-refractivity contribution in [3.8, 4) is 5.75 Å². The summed E-state index contributed by atoms with van der Waals surface area (Å²) in [5.74, 6) is -0.943. The lowest BCUT2D eigenvalue weighted by atomic mass is 10.1. The molecule has 1 amide bonds. The zero-order chi connectivity index (χ0) is 15.2. The number of benzene rings is 1. The number of phenolic OH excluding ortho intramolecular Hbond substituents is 1. The van der Waals surface area contributed by atoms with Gasteiger partial charge in [0.15, 0.2) is 0 Å². The fraction of sp³-hybridized carbons (Fsp3) is 0.500. The van der Waals surface area contributed by atoms with Gasteiger partial charge in [0.05, 0.1) is 0 Å². The molecule has 0 saturated heterocycles. The molecule has 2 N–H and O–H groups in total. The number of carboxylic acid groups (broad SMARTS) is 1. The minimum absolute atomic E-state index is 0.0537. The van der Waals surface area contributed by atoms with E-state index < -0.39 is 5.97 Å². The third-order valence-electron chi connectivity index (χ3n) is 3.99. The summed E-state index contributed by atoms with van der Waals surface area (Å²) in [6.07, 6.45) is 4.52. The minimum atomic E-state index is -0.974. The second-order valence-electron chi connectivity index (χ2n) is 5.48. The zero-order valence-corrected chi connectivity index (χ0v) is 12.0. The van der Waals surface area contributed by atoms with Crippen molar-refractivity contribution in [2.75, 3.05) is 6.54 Å². The smallest absolute Gasteiger partial charge is 0.323 e. The van der Waals surface area contributed by atoms with Gasteiger partial charge >= 0.3 is 5.97 Å².